The van der Waals surface area contributed by atoms with E-state index < -0.39 is 17.5 Å². The van der Waals surface area contributed by atoms with E-state index in [2.05, 4.69) is 5.32 Å². The van der Waals surface area contributed by atoms with Gasteiger partial charge in [0.2, 0.25) is 5.91 Å². The van der Waals surface area contributed by atoms with Gasteiger partial charge in [-0.1, -0.05) is 18.9 Å². The van der Waals surface area contributed by atoms with Crippen molar-refractivity contribution in [2.24, 2.45) is 11.7 Å². The van der Waals surface area contributed by atoms with Crippen molar-refractivity contribution >= 4 is 11.6 Å². The predicted octanol–water partition coefficient (Wildman–Crippen LogP) is 2.42. The zero-order valence-corrected chi connectivity index (χ0v) is 9.96. The number of carbonyl (C=O) groups is 1. The van der Waals surface area contributed by atoms with Crippen LogP contribution in [0.25, 0.3) is 0 Å². The Bertz CT molecular complexity index is 430. The summed E-state index contributed by atoms with van der Waals surface area (Å²) in [6.45, 7) is 0. The van der Waals surface area contributed by atoms with E-state index in [0.717, 1.165) is 31.4 Å². The summed E-state index contributed by atoms with van der Waals surface area (Å²) in [6.07, 6.45) is 3.37. The topological polar surface area (TPSA) is 55.1 Å². The maximum atomic E-state index is 13.4. The van der Waals surface area contributed by atoms with Crippen molar-refractivity contribution in [1.29, 1.82) is 0 Å². The maximum absolute atomic E-state index is 13.4. The molecule has 18 heavy (non-hydrogen) atoms. The largest absolute Gasteiger partial charge is 0.327 e. The highest BCUT2D eigenvalue weighted by Gasteiger charge is 2.29. The van der Waals surface area contributed by atoms with Crippen LogP contribution in [0, 0.1) is 17.6 Å². The summed E-state index contributed by atoms with van der Waals surface area (Å²) in [6, 6.07) is 3.25. The standard InChI is InChI=1S/C13H16F2N2O/c14-9-5-3-6-10(15)12(9)17-13(18)8-4-1-2-7-11(8)16/h3,5-6,8,11H,1-2,4,7,16H2,(H,17,18). The minimum atomic E-state index is -0.771. The van der Waals surface area contributed by atoms with Crippen molar-refractivity contribution in [2.45, 2.75) is 31.7 Å². The number of benzene rings is 1. The van der Waals surface area contributed by atoms with Gasteiger partial charge in [0.15, 0.2) is 0 Å². The molecule has 1 aromatic rings. The molecule has 1 fully saturated rings. The van der Waals surface area contributed by atoms with Gasteiger partial charge >= 0.3 is 0 Å². The Hall–Kier alpha value is -1.49. The monoisotopic (exact) mass is 254 g/mol. The summed E-state index contributed by atoms with van der Waals surface area (Å²) in [5, 5.41) is 2.31. The number of rotatable bonds is 2. The van der Waals surface area contributed by atoms with Gasteiger partial charge in [-0.2, -0.15) is 0 Å². The molecule has 1 aliphatic rings. The van der Waals surface area contributed by atoms with Crippen LogP contribution in [-0.2, 0) is 4.79 Å². The lowest BCUT2D eigenvalue weighted by Crippen LogP contribution is -2.41. The number of para-hydroxylation sites is 1. The quantitative estimate of drug-likeness (QED) is 0.851. The van der Waals surface area contributed by atoms with Gasteiger partial charge in [0, 0.05) is 6.04 Å². The summed E-state index contributed by atoms with van der Waals surface area (Å²) in [7, 11) is 0. The molecule has 98 valence electrons. The highest BCUT2D eigenvalue weighted by molar-refractivity contribution is 5.93. The van der Waals surface area contributed by atoms with Crippen molar-refractivity contribution in [3.8, 4) is 0 Å². The molecule has 0 aromatic heterocycles. The van der Waals surface area contributed by atoms with Crippen molar-refractivity contribution in [3.63, 3.8) is 0 Å². The van der Waals surface area contributed by atoms with Crippen LogP contribution in [0.15, 0.2) is 18.2 Å². The summed E-state index contributed by atoms with van der Waals surface area (Å²) < 4.78 is 26.8. The lowest BCUT2D eigenvalue weighted by atomic mass is 9.84. The van der Waals surface area contributed by atoms with E-state index in [-0.39, 0.29) is 17.6 Å². The van der Waals surface area contributed by atoms with E-state index >= 15 is 0 Å². The normalized spacial score (nSPS) is 23.7. The molecule has 2 rings (SSSR count). The molecule has 3 N–H and O–H groups in total. The van der Waals surface area contributed by atoms with Crippen LogP contribution in [-0.4, -0.2) is 11.9 Å². The van der Waals surface area contributed by atoms with Gasteiger partial charge in [-0.15, -0.1) is 0 Å². The first kappa shape index (κ1) is 13.0. The smallest absolute Gasteiger partial charge is 0.229 e. The highest BCUT2D eigenvalue weighted by Crippen LogP contribution is 2.25. The van der Waals surface area contributed by atoms with Crippen LogP contribution in [0.4, 0.5) is 14.5 Å². The van der Waals surface area contributed by atoms with Crippen LogP contribution in [0.1, 0.15) is 25.7 Å². The van der Waals surface area contributed by atoms with Crippen LogP contribution in [0.2, 0.25) is 0 Å². The second-order valence-electron chi connectivity index (χ2n) is 4.64. The van der Waals surface area contributed by atoms with Crippen LogP contribution >= 0.6 is 0 Å². The zero-order valence-electron chi connectivity index (χ0n) is 9.96. The zero-order chi connectivity index (χ0) is 13.1. The number of carbonyl (C=O) groups excluding carboxylic acids is 1. The van der Waals surface area contributed by atoms with Crippen molar-refractivity contribution in [3.05, 3.63) is 29.8 Å². The molecule has 0 bridgehead atoms. The fourth-order valence-corrected chi connectivity index (χ4v) is 2.32. The van der Waals surface area contributed by atoms with E-state index in [0.29, 0.717) is 6.42 Å². The third-order valence-corrected chi connectivity index (χ3v) is 3.37. The molecule has 3 nitrogen and oxygen atoms in total. The van der Waals surface area contributed by atoms with Crippen LogP contribution < -0.4 is 11.1 Å². The maximum Gasteiger partial charge on any atom is 0.229 e. The summed E-state index contributed by atoms with van der Waals surface area (Å²) in [4.78, 5) is 12.0. The Morgan fingerprint density at radius 2 is 1.83 bits per heavy atom. The first-order valence-corrected chi connectivity index (χ1v) is 6.10. The molecule has 0 spiro atoms. The fraction of sp³-hybridized carbons (Fsp3) is 0.462. The lowest BCUT2D eigenvalue weighted by Gasteiger charge is -2.27. The average Bonchev–Trinajstić information content (AvgIpc) is 2.34. The fourth-order valence-electron chi connectivity index (χ4n) is 2.32. The van der Waals surface area contributed by atoms with Gasteiger partial charge in [0.25, 0.3) is 0 Å². The van der Waals surface area contributed by atoms with Crippen molar-refractivity contribution in [1.82, 2.24) is 0 Å². The van der Waals surface area contributed by atoms with E-state index in [1.165, 1.54) is 6.07 Å². The molecule has 2 unspecified atom stereocenters. The molecule has 1 aromatic carbocycles. The number of amides is 1. The Labute approximate surface area is 104 Å². The molecular formula is C13H16F2N2O. The number of anilines is 1. The number of hydrogen-bond donors (Lipinski definition) is 2. The number of hydrogen-bond acceptors (Lipinski definition) is 2. The van der Waals surface area contributed by atoms with E-state index in [1.54, 1.807) is 0 Å². The molecule has 1 aliphatic carbocycles. The summed E-state index contributed by atoms with van der Waals surface area (Å²) >= 11 is 0. The minimum absolute atomic E-state index is 0.228. The highest BCUT2D eigenvalue weighted by atomic mass is 19.1. The number of halogens is 2. The van der Waals surface area contributed by atoms with Gasteiger partial charge in [0.05, 0.1) is 5.92 Å². The molecule has 2 atom stereocenters. The van der Waals surface area contributed by atoms with Gasteiger partial charge in [0.1, 0.15) is 17.3 Å². The summed E-state index contributed by atoms with van der Waals surface area (Å²) in [5.41, 5.74) is 5.47. The van der Waals surface area contributed by atoms with E-state index in [1.807, 2.05) is 0 Å². The minimum Gasteiger partial charge on any atom is -0.327 e. The Morgan fingerprint density at radius 1 is 1.22 bits per heavy atom. The van der Waals surface area contributed by atoms with Gasteiger partial charge in [-0.05, 0) is 25.0 Å². The van der Waals surface area contributed by atoms with Gasteiger partial charge < -0.3 is 11.1 Å². The second-order valence-corrected chi connectivity index (χ2v) is 4.64. The van der Waals surface area contributed by atoms with Gasteiger partial charge in [-0.3, -0.25) is 4.79 Å². The molecule has 0 radical (unpaired) electrons. The summed E-state index contributed by atoms with van der Waals surface area (Å²) in [5.74, 6) is -2.30. The van der Waals surface area contributed by atoms with Crippen LogP contribution in [0.3, 0.4) is 0 Å². The lowest BCUT2D eigenvalue weighted by molar-refractivity contribution is -0.121. The third-order valence-electron chi connectivity index (χ3n) is 3.37. The van der Waals surface area contributed by atoms with Crippen molar-refractivity contribution < 1.29 is 13.6 Å². The molecule has 0 heterocycles. The Balaban J connectivity index is 2.11. The van der Waals surface area contributed by atoms with Gasteiger partial charge in [-0.25, -0.2) is 8.78 Å². The first-order valence-electron chi connectivity index (χ1n) is 6.10. The van der Waals surface area contributed by atoms with E-state index in [9.17, 15) is 13.6 Å². The molecule has 1 amide bonds. The number of nitrogens with two attached hydrogens (primary N) is 1. The first-order chi connectivity index (χ1) is 8.59. The molecule has 0 aliphatic heterocycles. The third kappa shape index (κ3) is 2.67. The SMILES string of the molecule is NC1CCCCC1C(=O)Nc1c(F)cccc1F. The predicted molar refractivity (Wildman–Crippen MR) is 64.9 cm³/mol. The second kappa shape index (κ2) is 5.44. The molecule has 0 saturated heterocycles. The Kier molecular flexibility index (Phi) is 3.91. The molecular weight excluding hydrogens is 238 g/mol. The molecule has 1 saturated carbocycles. The van der Waals surface area contributed by atoms with Crippen LogP contribution in [0.5, 0.6) is 0 Å². The van der Waals surface area contributed by atoms with E-state index in [4.69, 9.17) is 5.73 Å². The average molecular weight is 254 g/mol. The number of nitrogens with one attached hydrogen (secondary N) is 1. The Morgan fingerprint density at radius 3 is 2.44 bits per heavy atom. The molecule has 5 heteroatoms. The van der Waals surface area contributed by atoms with Crippen molar-refractivity contribution in [2.75, 3.05) is 5.32 Å².